The van der Waals surface area contributed by atoms with Crippen LogP contribution in [-0.2, 0) is 11.3 Å². The molecule has 2 aromatic heterocycles. The lowest BCUT2D eigenvalue weighted by molar-refractivity contribution is -0.116. The summed E-state index contributed by atoms with van der Waals surface area (Å²) in [4.78, 5) is 50.9. The molecule has 2 heterocycles. The third-order valence-electron chi connectivity index (χ3n) is 5.35. The number of rotatable bonds is 8. The maximum atomic E-state index is 13.2. The normalized spacial score (nSPS) is 10.9. The van der Waals surface area contributed by atoms with Gasteiger partial charge in [-0.1, -0.05) is 49.0 Å². The number of aromatic nitrogens is 4. The van der Waals surface area contributed by atoms with Crippen molar-refractivity contribution in [1.29, 1.82) is 0 Å². The number of aryl methyl sites for hydroxylation is 2. The van der Waals surface area contributed by atoms with Gasteiger partial charge in [-0.2, -0.15) is 0 Å². The number of anilines is 2. The molecule has 0 radical (unpaired) electrons. The quantitative estimate of drug-likeness (QED) is 0.384. The number of carbonyl (C=O) groups is 1. The van der Waals surface area contributed by atoms with Crippen molar-refractivity contribution in [2.75, 3.05) is 22.9 Å². The highest BCUT2D eigenvalue weighted by Crippen LogP contribution is 2.22. The summed E-state index contributed by atoms with van der Waals surface area (Å²) in [7, 11) is 0. The van der Waals surface area contributed by atoms with Crippen molar-refractivity contribution in [3.05, 3.63) is 73.7 Å². The predicted molar refractivity (Wildman–Crippen MR) is 131 cm³/mol. The fourth-order valence-electron chi connectivity index (χ4n) is 3.36. The first kappa shape index (κ1) is 24.2. The van der Waals surface area contributed by atoms with Gasteiger partial charge in [-0.15, -0.1) is 0 Å². The Kier molecular flexibility index (Phi) is 7.70. The van der Waals surface area contributed by atoms with Crippen molar-refractivity contribution in [3.8, 4) is 0 Å². The SMILES string of the molecule is CCCN(C(=O)CSc1nc(C)c(C)c(C)n1)c1c(N)n(Cc2ccccc2)c(=O)[nH]c1=O. The second-order valence-corrected chi connectivity index (χ2v) is 8.64. The molecule has 174 valence electrons. The zero-order valence-corrected chi connectivity index (χ0v) is 20.0. The zero-order valence-electron chi connectivity index (χ0n) is 19.2. The first-order valence-corrected chi connectivity index (χ1v) is 11.6. The molecule has 0 unspecified atom stereocenters. The fraction of sp³-hybridized carbons (Fsp3) is 0.348. The summed E-state index contributed by atoms with van der Waals surface area (Å²) in [6.45, 7) is 8.10. The van der Waals surface area contributed by atoms with Gasteiger partial charge in [-0.3, -0.25) is 19.1 Å². The average molecular weight is 469 g/mol. The molecule has 0 atom stereocenters. The minimum absolute atomic E-state index is 0.0184. The van der Waals surface area contributed by atoms with Crippen molar-refractivity contribution in [1.82, 2.24) is 19.5 Å². The number of nitrogens with one attached hydrogen (secondary N) is 1. The van der Waals surface area contributed by atoms with Gasteiger partial charge < -0.3 is 10.6 Å². The Labute approximate surface area is 196 Å². The van der Waals surface area contributed by atoms with Crippen molar-refractivity contribution in [2.24, 2.45) is 0 Å². The average Bonchev–Trinajstić information content (AvgIpc) is 2.78. The van der Waals surface area contributed by atoms with Crippen molar-refractivity contribution >= 4 is 29.2 Å². The van der Waals surface area contributed by atoms with E-state index in [1.165, 1.54) is 21.2 Å². The molecule has 3 aromatic rings. The number of hydrogen-bond acceptors (Lipinski definition) is 7. The number of aromatic amines is 1. The number of benzene rings is 1. The molecule has 3 N–H and O–H groups in total. The van der Waals surface area contributed by atoms with Crippen LogP contribution in [0.15, 0.2) is 45.1 Å². The van der Waals surface area contributed by atoms with Gasteiger partial charge in [0.2, 0.25) is 5.91 Å². The molecule has 0 saturated carbocycles. The molecule has 0 saturated heterocycles. The van der Waals surface area contributed by atoms with Crippen LogP contribution in [0.4, 0.5) is 11.5 Å². The van der Waals surface area contributed by atoms with Crippen LogP contribution in [0.3, 0.4) is 0 Å². The Bertz CT molecular complexity index is 1250. The van der Waals surface area contributed by atoms with Crippen LogP contribution in [0, 0.1) is 20.8 Å². The Morgan fingerprint density at radius 1 is 1.12 bits per heavy atom. The van der Waals surface area contributed by atoms with Crippen LogP contribution in [0.25, 0.3) is 0 Å². The molecule has 3 rings (SSSR count). The Morgan fingerprint density at radius 2 is 1.76 bits per heavy atom. The Morgan fingerprint density at radius 3 is 2.36 bits per heavy atom. The summed E-state index contributed by atoms with van der Waals surface area (Å²) in [5, 5.41) is 0.497. The van der Waals surface area contributed by atoms with Gasteiger partial charge in [-0.25, -0.2) is 14.8 Å². The van der Waals surface area contributed by atoms with E-state index in [9.17, 15) is 14.4 Å². The number of hydrogen-bond donors (Lipinski definition) is 2. The molecule has 0 aliphatic heterocycles. The van der Waals surface area contributed by atoms with Gasteiger partial charge in [0.1, 0.15) is 5.82 Å². The van der Waals surface area contributed by atoms with E-state index in [1.807, 2.05) is 58.0 Å². The molecule has 9 nitrogen and oxygen atoms in total. The summed E-state index contributed by atoms with van der Waals surface area (Å²) >= 11 is 1.20. The van der Waals surface area contributed by atoms with E-state index in [-0.39, 0.29) is 36.3 Å². The molecule has 0 fully saturated rings. The number of amides is 1. The number of nitrogen functional groups attached to an aromatic ring is 1. The van der Waals surface area contributed by atoms with E-state index >= 15 is 0 Å². The van der Waals surface area contributed by atoms with Crippen LogP contribution in [0.1, 0.15) is 35.9 Å². The van der Waals surface area contributed by atoms with Crippen molar-refractivity contribution in [2.45, 2.75) is 45.8 Å². The lowest BCUT2D eigenvalue weighted by Gasteiger charge is -2.24. The van der Waals surface area contributed by atoms with Gasteiger partial charge >= 0.3 is 5.69 Å². The van der Waals surface area contributed by atoms with Gasteiger partial charge in [0.15, 0.2) is 10.8 Å². The predicted octanol–water partition coefficient (Wildman–Crippen LogP) is 2.42. The maximum absolute atomic E-state index is 13.2. The Hall–Kier alpha value is -3.40. The van der Waals surface area contributed by atoms with E-state index in [2.05, 4.69) is 15.0 Å². The summed E-state index contributed by atoms with van der Waals surface area (Å²) in [6.07, 6.45) is 0.604. The fourth-order valence-corrected chi connectivity index (χ4v) is 4.17. The lowest BCUT2D eigenvalue weighted by atomic mass is 10.2. The highest BCUT2D eigenvalue weighted by Gasteiger charge is 2.24. The molecule has 1 amide bonds. The van der Waals surface area contributed by atoms with Gasteiger partial charge in [-0.05, 0) is 38.3 Å². The maximum Gasteiger partial charge on any atom is 0.330 e. The number of nitrogens with two attached hydrogens (primary N) is 1. The smallest absolute Gasteiger partial charge is 0.330 e. The first-order valence-electron chi connectivity index (χ1n) is 10.6. The summed E-state index contributed by atoms with van der Waals surface area (Å²) in [6, 6.07) is 9.28. The van der Waals surface area contributed by atoms with Crippen LogP contribution < -0.4 is 21.9 Å². The topological polar surface area (TPSA) is 127 Å². The van der Waals surface area contributed by atoms with E-state index in [1.54, 1.807) is 0 Å². The minimum Gasteiger partial charge on any atom is -0.383 e. The van der Waals surface area contributed by atoms with E-state index in [4.69, 9.17) is 5.73 Å². The zero-order chi connectivity index (χ0) is 24.1. The number of nitrogens with zero attached hydrogens (tertiary/aromatic N) is 4. The van der Waals surface area contributed by atoms with Crippen LogP contribution in [-0.4, -0.2) is 37.7 Å². The summed E-state index contributed by atoms with van der Waals surface area (Å²) < 4.78 is 1.27. The van der Waals surface area contributed by atoms with E-state index in [0.717, 1.165) is 22.5 Å². The van der Waals surface area contributed by atoms with Crippen molar-refractivity contribution < 1.29 is 4.79 Å². The molecule has 33 heavy (non-hydrogen) atoms. The van der Waals surface area contributed by atoms with E-state index in [0.29, 0.717) is 11.6 Å². The molecule has 0 aliphatic rings. The molecule has 0 spiro atoms. The molecule has 10 heteroatoms. The largest absolute Gasteiger partial charge is 0.383 e. The molecule has 0 bridgehead atoms. The van der Waals surface area contributed by atoms with Crippen LogP contribution in [0.5, 0.6) is 0 Å². The van der Waals surface area contributed by atoms with E-state index < -0.39 is 11.2 Å². The number of thioether (sulfide) groups is 1. The molecular formula is C23H28N6O3S. The van der Waals surface area contributed by atoms with Gasteiger partial charge in [0, 0.05) is 17.9 Å². The van der Waals surface area contributed by atoms with Gasteiger partial charge in [0.25, 0.3) is 5.56 Å². The van der Waals surface area contributed by atoms with Gasteiger partial charge in [0.05, 0.1) is 12.3 Å². The molecule has 0 aliphatic carbocycles. The van der Waals surface area contributed by atoms with Crippen LogP contribution >= 0.6 is 11.8 Å². The third kappa shape index (κ3) is 5.51. The highest BCUT2D eigenvalue weighted by molar-refractivity contribution is 7.99. The first-order chi connectivity index (χ1) is 15.7. The highest BCUT2D eigenvalue weighted by atomic mass is 32.2. The number of carbonyl (C=O) groups excluding carboxylic acids is 1. The van der Waals surface area contributed by atoms with Crippen LogP contribution in [0.2, 0.25) is 0 Å². The lowest BCUT2D eigenvalue weighted by Crippen LogP contribution is -2.42. The second kappa shape index (κ2) is 10.5. The minimum atomic E-state index is -0.688. The summed E-state index contributed by atoms with van der Waals surface area (Å²) in [5.41, 5.74) is 8.52. The molecule has 1 aromatic carbocycles. The Balaban J connectivity index is 1.92. The second-order valence-electron chi connectivity index (χ2n) is 7.70. The summed E-state index contributed by atoms with van der Waals surface area (Å²) in [5.74, 6) is -0.334. The monoisotopic (exact) mass is 468 g/mol. The van der Waals surface area contributed by atoms with Crippen molar-refractivity contribution in [3.63, 3.8) is 0 Å². The standard InChI is InChI=1S/C23H28N6O3S/c1-5-11-28(18(30)13-33-22-25-15(3)14(2)16(4)26-22)19-20(24)29(23(32)27-21(19)31)12-17-9-7-6-8-10-17/h6-10H,5,11-13,24H2,1-4H3,(H,27,31,32). The molecular weight excluding hydrogens is 440 g/mol. The third-order valence-corrected chi connectivity index (χ3v) is 6.18. The number of H-pyrrole nitrogens is 1.